The van der Waals surface area contributed by atoms with Crippen LogP contribution in [0.5, 0.6) is 0 Å². The van der Waals surface area contributed by atoms with E-state index in [1.54, 1.807) is 0 Å². The van der Waals surface area contributed by atoms with Gasteiger partial charge in [-0.2, -0.15) is 0 Å². The molecule has 1 atom stereocenters. The second kappa shape index (κ2) is 12.1. The lowest BCUT2D eigenvalue weighted by Crippen LogP contribution is -2.15. The number of terminal acetylenes is 1. The summed E-state index contributed by atoms with van der Waals surface area (Å²) in [6.07, 6.45) is 17.9. The number of nitrogens with one attached hydrogen (secondary N) is 1. The smallest absolute Gasteiger partial charge is 0.0167 e. The first-order valence-corrected chi connectivity index (χ1v) is 7.91. The number of rotatable bonds is 10. The van der Waals surface area contributed by atoms with Crippen LogP contribution in [0.4, 0.5) is 0 Å². The maximum atomic E-state index is 5.36. The van der Waals surface area contributed by atoms with Gasteiger partial charge in [-0.15, -0.1) is 6.42 Å². The summed E-state index contributed by atoms with van der Waals surface area (Å²) in [5.74, 6) is 3.30. The summed E-state index contributed by atoms with van der Waals surface area (Å²) in [7, 11) is 0. The molecule has 0 saturated carbocycles. The van der Waals surface area contributed by atoms with Crippen molar-refractivity contribution in [2.75, 3.05) is 6.54 Å². The molecule has 1 nitrogen and oxygen atoms in total. The van der Waals surface area contributed by atoms with Crippen LogP contribution >= 0.6 is 0 Å². The highest BCUT2D eigenvalue weighted by Gasteiger charge is 2.04. The monoisotopic (exact) mass is 285 g/mol. The molecule has 21 heavy (non-hydrogen) atoms. The summed E-state index contributed by atoms with van der Waals surface area (Å²) in [6, 6.07) is 0. The van der Waals surface area contributed by atoms with E-state index in [-0.39, 0.29) is 0 Å². The van der Waals surface area contributed by atoms with Crippen LogP contribution in [0.3, 0.4) is 0 Å². The molecule has 0 bridgehead atoms. The van der Waals surface area contributed by atoms with Gasteiger partial charge in [0.1, 0.15) is 0 Å². The maximum absolute atomic E-state index is 5.36. The molecule has 0 aromatic heterocycles. The first kappa shape index (κ1) is 19.3. The fraction of sp³-hybridized carbons (Fsp3) is 0.500. The van der Waals surface area contributed by atoms with E-state index in [0.717, 1.165) is 25.0 Å². The van der Waals surface area contributed by atoms with Crippen LogP contribution in [-0.2, 0) is 0 Å². The number of hydrogen-bond donors (Lipinski definition) is 1. The molecule has 1 unspecified atom stereocenters. The van der Waals surface area contributed by atoms with Gasteiger partial charge >= 0.3 is 0 Å². The molecule has 0 aromatic carbocycles. The predicted molar refractivity (Wildman–Crippen MR) is 95.9 cm³/mol. The average Bonchev–Trinajstić information content (AvgIpc) is 2.45. The molecule has 116 valence electrons. The highest BCUT2D eigenvalue weighted by atomic mass is 14.8. The van der Waals surface area contributed by atoms with Crippen molar-refractivity contribution < 1.29 is 0 Å². The molecule has 1 heteroatoms. The second-order valence-corrected chi connectivity index (χ2v) is 5.60. The topological polar surface area (TPSA) is 12.0 Å². The van der Waals surface area contributed by atoms with Crippen LogP contribution in [0, 0.1) is 18.3 Å². The summed E-state index contributed by atoms with van der Waals surface area (Å²) in [5, 5.41) is 3.31. The van der Waals surface area contributed by atoms with Crippen molar-refractivity contribution in [2.45, 2.75) is 53.4 Å². The van der Waals surface area contributed by atoms with Gasteiger partial charge in [0.15, 0.2) is 0 Å². The molecule has 0 heterocycles. The van der Waals surface area contributed by atoms with Crippen LogP contribution in [0.25, 0.3) is 0 Å². The van der Waals surface area contributed by atoms with Crippen LogP contribution in [0.15, 0.2) is 47.7 Å². The second-order valence-electron chi connectivity index (χ2n) is 5.60. The zero-order valence-corrected chi connectivity index (χ0v) is 14.2. The molecular formula is C20H31N. The minimum atomic E-state index is 0.680. The minimum absolute atomic E-state index is 0.680. The summed E-state index contributed by atoms with van der Waals surface area (Å²) in [6.45, 7) is 13.6. The molecule has 0 aliphatic rings. The lowest BCUT2D eigenvalue weighted by atomic mass is 9.96. The summed E-state index contributed by atoms with van der Waals surface area (Å²) in [5.41, 5.74) is 3.68. The molecule has 0 aromatic rings. The third kappa shape index (κ3) is 9.79. The normalized spacial score (nSPS) is 14.0. The molecule has 0 rings (SSSR count). The maximum Gasteiger partial charge on any atom is 0.0167 e. The van der Waals surface area contributed by atoms with Gasteiger partial charge in [-0.05, 0) is 68.9 Å². The Morgan fingerprint density at radius 1 is 1.43 bits per heavy atom. The van der Waals surface area contributed by atoms with Crippen molar-refractivity contribution in [1.29, 1.82) is 0 Å². The third-order valence-electron chi connectivity index (χ3n) is 3.48. The van der Waals surface area contributed by atoms with Crippen LogP contribution in [0.2, 0.25) is 0 Å². The molecule has 0 aliphatic carbocycles. The lowest BCUT2D eigenvalue weighted by Gasteiger charge is -2.13. The highest BCUT2D eigenvalue weighted by molar-refractivity contribution is 5.36. The van der Waals surface area contributed by atoms with Crippen molar-refractivity contribution in [3.05, 3.63) is 47.7 Å². The van der Waals surface area contributed by atoms with E-state index in [9.17, 15) is 0 Å². The van der Waals surface area contributed by atoms with E-state index in [1.165, 1.54) is 24.0 Å². The van der Waals surface area contributed by atoms with Gasteiger partial charge in [-0.3, -0.25) is 0 Å². The Hall–Kier alpha value is -1.68. The Morgan fingerprint density at radius 3 is 2.67 bits per heavy atom. The molecule has 1 N–H and O–H groups in total. The Balaban J connectivity index is 4.41. The SMILES string of the molecule is C#C/C=C(\C=C(/CCCC(C)CN/C=C\C)C(=C)C)CC. The van der Waals surface area contributed by atoms with Gasteiger partial charge in [-0.25, -0.2) is 0 Å². The quantitative estimate of drug-likeness (QED) is 0.419. The van der Waals surface area contributed by atoms with Gasteiger partial charge in [-0.1, -0.05) is 44.1 Å². The fourth-order valence-electron chi connectivity index (χ4n) is 2.12. The van der Waals surface area contributed by atoms with Gasteiger partial charge in [0.2, 0.25) is 0 Å². The number of hydrogen-bond acceptors (Lipinski definition) is 1. The van der Waals surface area contributed by atoms with Crippen LogP contribution < -0.4 is 5.32 Å². The fourth-order valence-corrected chi connectivity index (χ4v) is 2.12. The van der Waals surface area contributed by atoms with E-state index < -0.39 is 0 Å². The van der Waals surface area contributed by atoms with E-state index in [2.05, 4.69) is 44.7 Å². The third-order valence-corrected chi connectivity index (χ3v) is 3.48. The van der Waals surface area contributed by atoms with E-state index in [1.807, 2.05) is 25.3 Å². The van der Waals surface area contributed by atoms with Gasteiger partial charge in [0.25, 0.3) is 0 Å². The summed E-state index contributed by atoms with van der Waals surface area (Å²) in [4.78, 5) is 0. The highest BCUT2D eigenvalue weighted by Crippen LogP contribution is 2.20. The Labute approximate surface area is 131 Å². The van der Waals surface area contributed by atoms with Crippen molar-refractivity contribution in [3.63, 3.8) is 0 Å². The van der Waals surface area contributed by atoms with E-state index in [4.69, 9.17) is 6.42 Å². The van der Waals surface area contributed by atoms with E-state index >= 15 is 0 Å². The minimum Gasteiger partial charge on any atom is -0.391 e. The molecule has 0 radical (unpaired) electrons. The first-order chi connectivity index (χ1) is 10.0. The molecule has 0 saturated heterocycles. The Bertz CT molecular complexity index is 429. The summed E-state index contributed by atoms with van der Waals surface area (Å²) < 4.78 is 0. The first-order valence-electron chi connectivity index (χ1n) is 7.91. The van der Waals surface area contributed by atoms with Crippen LogP contribution in [-0.4, -0.2) is 6.54 Å². The Kier molecular flexibility index (Phi) is 11.1. The number of allylic oxidation sites excluding steroid dienone is 6. The zero-order chi connectivity index (χ0) is 16.1. The zero-order valence-electron chi connectivity index (χ0n) is 14.2. The van der Waals surface area contributed by atoms with Gasteiger partial charge in [0.05, 0.1) is 0 Å². The largest absolute Gasteiger partial charge is 0.391 e. The van der Waals surface area contributed by atoms with Crippen molar-refractivity contribution in [2.24, 2.45) is 5.92 Å². The molecule has 0 aliphatic heterocycles. The van der Waals surface area contributed by atoms with Crippen molar-refractivity contribution in [1.82, 2.24) is 5.32 Å². The molecule has 0 fully saturated rings. The summed E-state index contributed by atoms with van der Waals surface area (Å²) >= 11 is 0. The average molecular weight is 285 g/mol. The predicted octanol–water partition coefficient (Wildman–Crippen LogP) is 5.39. The van der Waals surface area contributed by atoms with Gasteiger partial charge in [0, 0.05) is 6.54 Å². The molecule has 0 spiro atoms. The van der Waals surface area contributed by atoms with E-state index in [0.29, 0.717) is 5.92 Å². The lowest BCUT2D eigenvalue weighted by molar-refractivity contribution is 0.494. The van der Waals surface area contributed by atoms with Crippen molar-refractivity contribution in [3.8, 4) is 12.3 Å². The Morgan fingerprint density at radius 2 is 2.14 bits per heavy atom. The van der Waals surface area contributed by atoms with Gasteiger partial charge < -0.3 is 5.32 Å². The standard InChI is InChI=1S/C20H31N/c1-7-11-19(9-3)15-20(17(4)5)13-10-12-18(6)16-21-14-8-2/h1,8,11,14-15,18,21H,4,9-10,12-13,16H2,2-3,5-6H3/b14-8-,19-11-,20-15+. The van der Waals surface area contributed by atoms with Crippen molar-refractivity contribution >= 4 is 0 Å². The molecule has 0 amide bonds. The molecular weight excluding hydrogens is 254 g/mol. The van der Waals surface area contributed by atoms with Crippen LogP contribution in [0.1, 0.15) is 53.4 Å².